The van der Waals surface area contributed by atoms with E-state index in [4.69, 9.17) is 9.72 Å². The highest BCUT2D eigenvalue weighted by Crippen LogP contribution is 2.30. The molecule has 0 saturated heterocycles. The number of nitrogens with zero attached hydrogens (tertiary/aromatic N) is 2. The molecule has 0 aliphatic heterocycles. The zero-order valence-corrected chi connectivity index (χ0v) is 12.2. The van der Waals surface area contributed by atoms with Crippen LogP contribution in [0.2, 0.25) is 0 Å². The molecule has 0 N–H and O–H groups in total. The molecule has 0 spiro atoms. The van der Waals surface area contributed by atoms with Gasteiger partial charge in [-0.25, -0.2) is 4.98 Å². The van der Waals surface area contributed by atoms with Gasteiger partial charge >= 0.3 is 0 Å². The van der Waals surface area contributed by atoms with Crippen LogP contribution in [0.25, 0.3) is 33.1 Å². The highest BCUT2D eigenvalue weighted by atomic mass is 16.5. The van der Waals surface area contributed by atoms with Crippen LogP contribution in [-0.4, -0.2) is 17.1 Å². The second kappa shape index (κ2) is 5.11. The van der Waals surface area contributed by atoms with Crippen molar-refractivity contribution in [1.29, 1.82) is 0 Å². The van der Waals surface area contributed by atoms with Gasteiger partial charge in [0.1, 0.15) is 0 Å². The predicted molar refractivity (Wildman–Crippen MR) is 89.0 cm³/mol. The topological polar surface area (TPSA) is 35.0 Å². The summed E-state index contributed by atoms with van der Waals surface area (Å²) in [4.78, 5) is 9.32. The minimum atomic E-state index is 0.605. The lowest BCUT2D eigenvalue weighted by atomic mass is 10.0. The SMILES string of the molecule is COc1nc(-c2cccc3ccccc23)nc2ccccc12. The van der Waals surface area contributed by atoms with E-state index in [1.165, 1.54) is 5.39 Å². The molecule has 3 heteroatoms. The first-order chi connectivity index (χ1) is 10.9. The fourth-order valence-corrected chi connectivity index (χ4v) is 2.74. The molecule has 0 amide bonds. The van der Waals surface area contributed by atoms with Crippen molar-refractivity contribution in [2.75, 3.05) is 7.11 Å². The molecule has 4 aromatic rings. The zero-order valence-electron chi connectivity index (χ0n) is 12.2. The van der Waals surface area contributed by atoms with Crippen molar-refractivity contribution < 1.29 is 4.74 Å². The molecule has 22 heavy (non-hydrogen) atoms. The van der Waals surface area contributed by atoms with E-state index in [1.807, 2.05) is 48.5 Å². The Balaban J connectivity index is 2.04. The molecule has 0 unspecified atom stereocenters. The van der Waals surface area contributed by atoms with Crippen molar-refractivity contribution in [3.63, 3.8) is 0 Å². The third-order valence-electron chi connectivity index (χ3n) is 3.79. The lowest BCUT2D eigenvalue weighted by Gasteiger charge is -2.09. The molecule has 1 heterocycles. The van der Waals surface area contributed by atoms with Gasteiger partial charge in [-0.15, -0.1) is 0 Å². The summed E-state index contributed by atoms with van der Waals surface area (Å²) < 4.78 is 5.45. The molecule has 3 aromatic carbocycles. The molecule has 106 valence electrons. The third-order valence-corrected chi connectivity index (χ3v) is 3.79. The highest BCUT2D eigenvalue weighted by molar-refractivity contribution is 5.96. The van der Waals surface area contributed by atoms with Crippen molar-refractivity contribution in [1.82, 2.24) is 9.97 Å². The van der Waals surface area contributed by atoms with Crippen LogP contribution in [-0.2, 0) is 0 Å². The molecule has 0 aliphatic carbocycles. The van der Waals surface area contributed by atoms with E-state index in [2.05, 4.69) is 23.2 Å². The van der Waals surface area contributed by atoms with Gasteiger partial charge in [0.2, 0.25) is 5.88 Å². The average molecular weight is 286 g/mol. The van der Waals surface area contributed by atoms with E-state index in [0.717, 1.165) is 21.9 Å². The Morgan fingerprint density at radius 3 is 2.32 bits per heavy atom. The maximum Gasteiger partial charge on any atom is 0.224 e. The molecule has 0 saturated carbocycles. The number of para-hydroxylation sites is 1. The maximum absolute atomic E-state index is 5.45. The monoisotopic (exact) mass is 286 g/mol. The Morgan fingerprint density at radius 2 is 1.45 bits per heavy atom. The zero-order chi connectivity index (χ0) is 14.9. The largest absolute Gasteiger partial charge is 0.480 e. The molecule has 0 aliphatic rings. The first-order valence-electron chi connectivity index (χ1n) is 7.16. The van der Waals surface area contributed by atoms with Crippen LogP contribution in [0.4, 0.5) is 0 Å². The number of hydrogen-bond donors (Lipinski definition) is 0. The quantitative estimate of drug-likeness (QED) is 0.545. The van der Waals surface area contributed by atoms with Gasteiger partial charge in [0.25, 0.3) is 0 Å². The number of fused-ring (bicyclic) bond motifs is 2. The summed E-state index contributed by atoms with van der Waals surface area (Å²) in [6, 6.07) is 22.3. The number of ether oxygens (including phenoxy) is 1. The number of methoxy groups -OCH3 is 1. The number of aromatic nitrogens is 2. The minimum absolute atomic E-state index is 0.605. The standard InChI is InChI=1S/C19H14N2O/c1-22-19-16-10-4-5-12-17(16)20-18(21-19)15-11-6-8-13-7-2-3-9-14(13)15/h2-12H,1H3. The van der Waals surface area contributed by atoms with Gasteiger partial charge in [0.05, 0.1) is 18.0 Å². The van der Waals surface area contributed by atoms with Crippen molar-refractivity contribution in [3.05, 3.63) is 66.7 Å². The molecule has 4 rings (SSSR count). The molecular formula is C19H14N2O. The lowest BCUT2D eigenvalue weighted by Crippen LogP contribution is -1.96. The second-order valence-corrected chi connectivity index (χ2v) is 5.10. The molecular weight excluding hydrogens is 272 g/mol. The maximum atomic E-state index is 5.45. The lowest BCUT2D eigenvalue weighted by molar-refractivity contribution is 0.403. The summed E-state index contributed by atoms with van der Waals surface area (Å²) in [5, 5.41) is 3.24. The Morgan fingerprint density at radius 1 is 0.727 bits per heavy atom. The molecule has 1 aromatic heterocycles. The van der Waals surface area contributed by atoms with Gasteiger partial charge in [-0.3, -0.25) is 0 Å². The molecule has 0 fully saturated rings. The van der Waals surface area contributed by atoms with Crippen LogP contribution >= 0.6 is 0 Å². The normalized spacial score (nSPS) is 11.0. The van der Waals surface area contributed by atoms with Crippen LogP contribution in [0.5, 0.6) is 5.88 Å². The summed E-state index contributed by atoms with van der Waals surface area (Å²) in [5.74, 6) is 1.29. The molecule has 0 atom stereocenters. The van der Waals surface area contributed by atoms with E-state index in [1.54, 1.807) is 7.11 Å². The minimum Gasteiger partial charge on any atom is -0.480 e. The molecule has 3 nitrogen and oxygen atoms in total. The van der Waals surface area contributed by atoms with Crippen molar-refractivity contribution in [3.8, 4) is 17.3 Å². The first-order valence-corrected chi connectivity index (χ1v) is 7.16. The van der Waals surface area contributed by atoms with Crippen molar-refractivity contribution in [2.45, 2.75) is 0 Å². The predicted octanol–water partition coefficient (Wildman–Crippen LogP) is 4.46. The average Bonchev–Trinajstić information content (AvgIpc) is 2.60. The summed E-state index contributed by atoms with van der Waals surface area (Å²) in [6.45, 7) is 0. The summed E-state index contributed by atoms with van der Waals surface area (Å²) in [5.41, 5.74) is 1.90. The fourth-order valence-electron chi connectivity index (χ4n) is 2.74. The van der Waals surface area contributed by atoms with Gasteiger partial charge in [0.15, 0.2) is 5.82 Å². The van der Waals surface area contributed by atoms with Crippen molar-refractivity contribution >= 4 is 21.7 Å². The van der Waals surface area contributed by atoms with Crippen LogP contribution in [0.15, 0.2) is 66.7 Å². The Kier molecular flexibility index (Phi) is 2.97. The number of benzene rings is 3. The Hall–Kier alpha value is -2.94. The first kappa shape index (κ1) is 12.8. The van der Waals surface area contributed by atoms with E-state index in [9.17, 15) is 0 Å². The van der Waals surface area contributed by atoms with Crippen LogP contribution in [0.1, 0.15) is 0 Å². The smallest absolute Gasteiger partial charge is 0.224 e. The van der Waals surface area contributed by atoms with Gasteiger partial charge < -0.3 is 4.74 Å². The third kappa shape index (κ3) is 1.99. The van der Waals surface area contributed by atoms with Gasteiger partial charge in [0, 0.05) is 5.56 Å². The van der Waals surface area contributed by atoms with E-state index < -0.39 is 0 Å². The van der Waals surface area contributed by atoms with Crippen LogP contribution < -0.4 is 4.74 Å². The van der Waals surface area contributed by atoms with Gasteiger partial charge in [-0.2, -0.15) is 4.98 Å². The Bertz CT molecular complexity index is 974. The number of hydrogen-bond acceptors (Lipinski definition) is 3. The van der Waals surface area contributed by atoms with E-state index in [0.29, 0.717) is 11.7 Å². The fraction of sp³-hybridized carbons (Fsp3) is 0.0526. The van der Waals surface area contributed by atoms with Gasteiger partial charge in [-0.1, -0.05) is 54.6 Å². The van der Waals surface area contributed by atoms with E-state index in [-0.39, 0.29) is 0 Å². The van der Waals surface area contributed by atoms with Crippen LogP contribution in [0.3, 0.4) is 0 Å². The molecule has 0 radical (unpaired) electrons. The summed E-state index contributed by atoms with van der Waals surface area (Å²) >= 11 is 0. The van der Waals surface area contributed by atoms with Gasteiger partial charge in [-0.05, 0) is 22.9 Å². The van der Waals surface area contributed by atoms with E-state index >= 15 is 0 Å². The van der Waals surface area contributed by atoms with Crippen molar-refractivity contribution in [2.24, 2.45) is 0 Å². The molecule has 0 bridgehead atoms. The Labute approximate surface area is 128 Å². The summed E-state index contributed by atoms with van der Waals surface area (Å²) in [6.07, 6.45) is 0. The number of rotatable bonds is 2. The van der Waals surface area contributed by atoms with Crippen LogP contribution in [0, 0.1) is 0 Å². The second-order valence-electron chi connectivity index (χ2n) is 5.10. The summed E-state index contributed by atoms with van der Waals surface area (Å²) in [7, 11) is 1.64. The highest BCUT2D eigenvalue weighted by Gasteiger charge is 2.11.